The maximum absolute atomic E-state index is 10.8. The molecule has 0 saturated heterocycles. The first kappa shape index (κ1) is 10.3. The van der Waals surface area contributed by atoms with Gasteiger partial charge >= 0.3 is 5.97 Å². The van der Waals surface area contributed by atoms with E-state index in [1.807, 2.05) is 6.92 Å². The van der Waals surface area contributed by atoms with Crippen LogP contribution in [-0.2, 0) is 4.79 Å². The minimum atomic E-state index is -0.353. The van der Waals surface area contributed by atoms with Crippen LogP contribution in [0.4, 0.5) is 0 Å². The number of esters is 1. The Hall–Kier alpha value is -1.20. The predicted molar refractivity (Wildman–Crippen MR) is 58.5 cm³/mol. The van der Waals surface area contributed by atoms with Crippen LogP contribution in [0.15, 0.2) is 6.33 Å². The van der Waals surface area contributed by atoms with Crippen LogP contribution in [0.1, 0.15) is 12.5 Å². The number of hydrogen-bond donors (Lipinski definition) is 0. The number of rotatable bonds is 1. The van der Waals surface area contributed by atoms with E-state index in [1.165, 1.54) is 24.6 Å². The van der Waals surface area contributed by atoms with Gasteiger partial charge in [0.15, 0.2) is 5.06 Å². The van der Waals surface area contributed by atoms with Crippen LogP contribution < -0.4 is 4.74 Å². The van der Waals surface area contributed by atoms with E-state index in [9.17, 15) is 4.79 Å². The Bertz CT molecular complexity index is 538. The van der Waals surface area contributed by atoms with E-state index < -0.39 is 0 Å². The number of thiophene rings is 1. The Morgan fingerprint density at radius 1 is 1.53 bits per heavy atom. The summed E-state index contributed by atoms with van der Waals surface area (Å²) in [6, 6.07) is 0. The molecule has 0 atom stereocenters. The molecule has 0 saturated carbocycles. The molecule has 2 aromatic rings. The van der Waals surface area contributed by atoms with Gasteiger partial charge in [0.2, 0.25) is 0 Å². The number of fused-ring (bicyclic) bond motifs is 1. The van der Waals surface area contributed by atoms with Crippen molar-refractivity contribution in [2.75, 3.05) is 0 Å². The smallest absolute Gasteiger partial charge is 0.308 e. The summed E-state index contributed by atoms with van der Waals surface area (Å²) < 4.78 is 5.04. The number of ether oxygens (including phenoxy) is 1. The molecule has 15 heavy (non-hydrogen) atoms. The molecule has 0 radical (unpaired) electrons. The molecule has 2 heterocycles. The van der Waals surface area contributed by atoms with Gasteiger partial charge < -0.3 is 4.74 Å². The van der Waals surface area contributed by atoms with Crippen molar-refractivity contribution in [3.8, 4) is 5.06 Å². The van der Waals surface area contributed by atoms with E-state index in [1.54, 1.807) is 0 Å². The van der Waals surface area contributed by atoms with Gasteiger partial charge in [-0.3, -0.25) is 4.79 Å². The quantitative estimate of drug-likeness (QED) is 0.570. The number of aryl methyl sites for hydroxylation is 1. The molecular weight excluding hydrogens is 236 g/mol. The van der Waals surface area contributed by atoms with Gasteiger partial charge in [0.05, 0.1) is 5.39 Å². The zero-order valence-corrected chi connectivity index (χ0v) is 9.65. The number of carbonyl (C=O) groups excluding carboxylic acids is 1. The second-order valence-corrected chi connectivity index (χ2v) is 4.27. The van der Waals surface area contributed by atoms with E-state index in [4.69, 9.17) is 16.3 Å². The summed E-state index contributed by atoms with van der Waals surface area (Å²) in [5.74, 6) is -0.353. The Balaban J connectivity index is 2.64. The fourth-order valence-electron chi connectivity index (χ4n) is 1.24. The van der Waals surface area contributed by atoms with Crippen LogP contribution in [0, 0.1) is 6.92 Å². The van der Waals surface area contributed by atoms with E-state index in [0.717, 1.165) is 15.8 Å². The predicted octanol–water partition coefficient (Wildman–Crippen LogP) is 2.58. The molecule has 0 aromatic carbocycles. The molecule has 4 nitrogen and oxygen atoms in total. The second-order valence-electron chi connectivity index (χ2n) is 2.95. The summed E-state index contributed by atoms with van der Waals surface area (Å²) in [4.78, 5) is 19.5. The zero-order chi connectivity index (χ0) is 11.0. The van der Waals surface area contributed by atoms with Crippen molar-refractivity contribution in [1.29, 1.82) is 0 Å². The molecule has 2 aromatic heterocycles. The number of hydrogen-bond acceptors (Lipinski definition) is 5. The lowest BCUT2D eigenvalue weighted by atomic mass is 10.3. The third kappa shape index (κ3) is 1.80. The van der Waals surface area contributed by atoms with Crippen molar-refractivity contribution in [3.05, 3.63) is 17.0 Å². The lowest BCUT2D eigenvalue weighted by Gasteiger charge is -1.97. The highest BCUT2D eigenvalue weighted by Crippen LogP contribution is 2.38. The van der Waals surface area contributed by atoms with E-state index >= 15 is 0 Å². The standard InChI is InChI=1S/C9H7ClN2O2S/c1-4-6-7(10)11-3-12-8(6)15-9(4)14-5(2)13/h3H,1-2H3. The summed E-state index contributed by atoms with van der Waals surface area (Å²) in [5.41, 5.74) is 0.802. The highest BCUT2D eigenvalue weighted by Gasteiger charge is 2.15. The van der Waals surface area contributed by atoms with Gasteiger partial charge in [0.1, 0.15) is 16.3 Å². The number of carbonyl (C=O) groups is 1. The van der Waals surface area contributed by atoms with Crippen LogP contribution in [-0.4, -0.2) is 15.9 Å². The van der Waals surface area contributed by atoms with E-state index in [-0.39, 0.29) is 5.97 Å². The monoisotopic (exact) mass is 242 g/mol. The molecule has 0 amide bonds. The fraction of sp³-hybridized carbons (Fsp3) is 0.222. The Kier molecular flexibility index (Phi) is 2.58. The van der Waals surface area contributed by atoms with Gasteiger partial charge in [-0.05, 0) is 6.92 Å². The first-order valence-corrected chi connectivity index (χ1v) is 5.37. The average molecular weight is 243 g/mol. The van der Waals surface area contributed by atoms with Gasteiger partial charge in [-0.15, -0.1) is 0 Å². The number of aromatic nitrogens is 2. The van der Waals surface area contributed by atoms with E-state index in [0.29, 0.717) is 10.2 Å². The van der Waals surface area contributed by atoms with Crippen LogP contribution in [0.25, 0.3) is 10.2 Å². The highest BCUT2D eigenvalue weighted by atomic mass is 35.5. The van der Waals surface area contributed by atoms with Crippen LogP contribution >= 0.6 is 22.9 Å². The van der Waals surface area contributed by atoms with Gasteiger partial charge in [-0.25, -0.2) is 9.97 Å². The SMILES string of the molecule is CC(=O)Oc1sc2ncnc(Cl)c2c1C. The molecule has 0 aliphatic rings. The molecular formula is C9H7ClN2O2S. The van der Waals surface area contributed by atoms with Crippen molar-refractivity contribution in [3.63, 3.8) is 0 Å². The first-order chi connectivity index (χ1) is 7.09. The molecule has 0 aliphatic carbocycles. The summed E-state index contributed by atoms with van der Waals surface area (Å²) in [5, 5.41) is 1.66. The van der Waals surface area contributed by atoms with Crippen LogP contribution in [0.3, 0.4) is 0 Å². The molecule has 0 N–H and O–H groups in total. The van der Waals surface area contributed by atoms with Gasteiger partial charge in [-0.1, -0.05) is 22.9 Å². The minimum absolute atomic E-state index is 0.353. The van der Waals surface area contributed by atoms with Gasteiger partial charge in [0, 0.05) is 12.5 Å². The number of halogens is 1. The highest BCUT2D eigenvalue weighted by molar-refractivity contribution is 7.20. The van der Waals surface area contributed by atoms with Gasteiger partial charge in [-0.2, -0.15) is 0 Å². The molecule has 2 rings (SSSR count). The van der Waals surface area contributed by atoms with Crippen molar-refractivity contribution in [1.82, 2.24) is 9.97 Å². The summed E-state index contributed by atoms with van der Waals surface area (Å²) >= 11 is 7.22. The lowest BCUT2D eigenvalue weighted by molar-refractivity contribution is -0.131. The lowest BCUT2D eigenvalue weighted by Crippen LogP contribution is -2.00. The Morgan fingerprint density at radius 2 is 2.27 bits per heavy atom. The van der Waals surface area contributed by atoms with Crippen molar-refractivity contribution in [2.24, 2.45) is 0 Å². The third-order valence-corrected chi connectivity index (χ3v) is 3.24. The zero-order valence-electron chi connectivity index (χ0n) is 8.07. The van der Waals surface area contributed by atoms with Crippen molar-refractivity contribution < 1.29 is 9.53 Å². The molecule has 6 heteroatoms. The molecule has 0 bridgehead atoms. The minimum Gasteiger partial charge on any atom is -0.415 e. The van der Waals surface area contributed by atoms with Crippen LogP contribution in [0.5, 0.6) is 5.06 Å². The van der Waals surface area contributed by atoms with Crippen LogP contribution in [0.2, 0.25) is 5.15 Å². The maximum atomic E-state index is 10.8. The average Bonchev–Trinajstić information content (AvgIpc) is 2.44. The number of nitrogens with zero attached hydrogens (tertiary/aromatic N) is 2. The third-order valence-electron chi connectivity index (χ3n) is 1.87. The summed E-state index contributed by atoms with van der Waals surface area (Å²) in [6.45, 7) is 3.18. The van der Waals surface area contributed by atoms with Crippen molar-refractivity contribution in [2.45, 2.75) is 13.8 Å². The normalized spacial score (nSPS) is 10.6. The second kappa shape index (κ2) is 3.75. The maximum Gasteiger partial charge on any atom is 0.308 e. The Morgan fingerprint density at radius 3 is 2.87 bits per heavy atom. The largest absolute Gasteiger partial charge is 0.415 e. The fourth-order valence-corrected chi connectivity index (χ4v) is 2.61. The summed E-state index contributed by atoms with van der Waals surface area (Å²) in [6.07, 6.45) is 1.39. The molecule has 0 fully saturated rings. The topological polar surface area (TPSA) is 52.1 Å². The first-order valence-electron chi connectivity index (χ1n) is 4.17. The molecule has 0 aliphatic heterocycles. The molecule has 78 valence electrons. The molecule has 0 spiro atoms. The molecule has 0 unspecified atom stereocenters. The van der Waals surface area contributed by atoms with E-state index in [2.05, 4.69) is 9.97 Å². The Labute approximate surface area is 94.9 Å². The summed E-state index contributed by atoms with van der Waals surface area (Å²) in [7, 11) is 0. The van der Waals surface area contributed by atoms with Gasteiger partial charge in [0.25, 0.3) is 0 Å². The van der Waals surface area contributed by atoms with Crippen molar-refractivity contribution >= 4 is 39.1 Å².